The summed E-state index contributed by atoms with van der Waals surface area (Å²) < 4.78 is 25.8. The molecule has 0 spiro atoms. The van der Waals surface area contributed by atoms with E-state index in [9.17, 15) is 13.6 Å². The summed E-state index contributed by atoms with van der Waals surface area (Å²) in [4.78, 5) is 12.4. The number of benzene rings is 1. The predicted molar refractivity (Wildman–Crippen MR) is 94.2 cm³/mol. The van der Waals surface area contributed by atoms with Crippen molar-refractivity contribution in [3.63, 3.8) is 0 Å². The minimum absolute atomic E-state index is 0.145. The molecule has 1 aromatic heterocycles. The molecule has 0 saturated heterocycles. The Kier molecular flexibility index (Phi) is 5.90. The van der Waals surface area contributed by atoms with Gasteiger partial charge in [-0.05, 0) is 25.0 Å². The summed E-state index contributed by atoms with van der Waals surface area (Å²) >= 11 is 3.09. The van der Waals surface area contributed by atoms with Crippen LogP contribution >= 0.6 is 34.9 Å². The van der Waals surface area contributed by atoms with Crippen molar-refractivity contribution in [2.24, 2.45) is 0 Å². The zero-order valence-electron chi connectivity index (χ0n) is 12.4. The molecule has 1 aromatic carbocycles. The number of aromatic nitrogens is 2. The molecular weight excluding hydrogens is 374 g/mol. The molecule has 1 aliphatic carbocycles. The van der Waals surface area contributed by atoms with Gasteiger partial charge in [0.1, 0.15) is 0 Å². The molecule has 128 valence electrons. The number of thioether (sulfide) groups is 2. The molecule has 1 amide bonds. The molecule has 1 saturated carbocycles. The highest BCUT2D eigenvalue weighted by Crippen LogP contribution is 2.32. The molecule has 1 aliphatic rings. The Morgan fingerprint density at radius 2 is 2.12 bits per heavy atom. The lowest BCUT2D eigenvalue weighted by Gasteiger charge is -2.09. The van der Waals surface area contributed by atoms with Gasteiger partial charge in [0, 0.05) is 10.9 Å². The van der Waals surface area contributed by atoms with Crippen LogP contribution in [0, 0.1) is 0 Å². The number of anilines is 2. The van der Waals surface area contributed by atoms with Crippen molar-refractivity contribution in [1.29, 1.82) is 0 Å². The molecule has 1 fully saturated rings. The van der Waals surface area contributed by atoms with E-state index >= 15 is 0 Å². The Morgan fingerprint density at radius 1 is 1.33 bits per heavy atom. The van der Waals surface area contributed by atoms with E-state index in [-0.39, 0.29) is 11.7 Å². The van der Waals surface area contributed by atoms with E-state index < -0.39 is 5.76 Å². The molecule has 1 heterocycles. The second kappa shape index (κ2) is 8.13. The number of amides is 1. The first kappa shape index (κ1) is 17.4. The molecule has 0 atom stereocenters. The van der Waals surface area contributed by atoms with Gasteiger partial charge in [0.15, 0.2) is 4.34 Å². The maximum absolute atomic E-state index is 12.5. The van der Waals surface area contributed by atoms with Crippen LogP contribution in [0.1, 0.15) is 12.8 Å². The smallest absolute Gasteiger partial charge is 0.288 e. The predicted octanol–water partition coefficient (Wildman–Crippen LogP) is 4.16. The van der Waals surface area contributed by atoms with Crippen LogP contribution in [0.5, 0.6) is 0 Å². The first-order valence-electron chi connectivity index (χ1n) is 7.16. The van der Waals surface area contributed by atoms with E-state index in [1.807, 2.05) is 0 Å². The lowest BCUT2D eigenvalue weighted by Crippen LogP contribution is -2.14. The van der Waals surface area contributed by atoms with E-state index in [2.05, 4.69) is 20.8 Å². The van der Waals surface area contributed by atoms with Gasteiger partial charge in [-0.25, -0.2) is 0 Å². The van der Waals surface area contributed by atoms with E-state index in [0.717, 1.165) is 18.0 Å². The van der Waals surface area contributed by atoms with Gasteiger partial charge >= 0.3 is 0 Å². The van der Waals surface area contributed by atoms with Crippen LogP contribution in [0.25, 0.3) is 0 Å². The molecule has 24 heavy (non-hydrogen) atoms. The third kappa shape index (κ3) is 5.32. The number of para-hydroxylation sites is 1. The number of nitrogens with zero attached hydrogens (tertiary/aromatic N) is 2. The summed E-state index contributed by atoms with van der Waals surface area (Å²) in [7, 11) is 0. The van der Waals surface area contributed by atoms with Crippen molar-refractivity contribution in [3.05, 3.63) is 24.3 Å². The number of carbonyl (C=O) groups is 1. The highest BCUT2D eigenvalue weighted by molar-refractivity contribution is 8.01. The molecule has 10 heteroatoms. The first-order valence-corrected chi connectivity index (χ1v) is 9.85. The molecule has 0 unspecified atom stereocenters. The van der Waals surface area contributed by atoms with E-state index in [0.29, 0.717) is 32.7 Å². The Balaban J connectivity index is 1.51. The van der Waals surface area contributed by atoms with E-state index in [1.165, 1.54) is 23.1 Å². The normalized spacial score (nSPS) is 14.0. The number of halogens is 2. The van der Waals surface area contributed by atoms with Crippen molar-refractivity contribution >= 4 is 51.6 Å². The third-order valence-electron chi connectivity index (χ3n) is 3.02. The lowest BCUT2D eigenvalue weighted by molar-refractivity contribution is -0.113. The molecule has 5 nitrogen and oxygen atoms in total. The summed E-state index contributed by atoms with van der Waals surface area (Å²) in [5, 5.41) is 14.7. The molecule has 0 bridgehead atoms. The molecule has 2 N–H and O–H groups in total. The number of rotatable bonds is 8. The van der Waals surface area contributed by atoms with Crippen molar-refractivity contribution in [3.8, 4) is 0 Å². The molecule has 0 radical (unpaired) electrons. The Bertz CT molecular complexity index is 709. The van der Waals surface area contributed by atoms with Gasteiger partial charge in [0.05, 0.1) is 11.4 Å². The molecule has 0 aliphatic heterocycles. The summed E-state index contributed by atoms with van der Waals surface area (Å²) in [6.45, 7) is 0. The van der Waals surface area contributed by atoms with Crippen molar-refractivity contribution in [2.45, 2.75) is 33.9 Å². The van der Waals surface area contributed by atoms with Crippen LogP contribution in [-0.2, 0) is 4.79 Å². The van der Waals surface area contributed by atoms with Crippen LogP contribution in [0.3, 0.4) is 0 Å². The Hall–Kier alpha value is -1.39. The summed E-state index contributed by atoms with van der Waals surface area (Å²) in [5.41, 5.74) is 0.391. The van der Waals surface area contributed by atoms with Gasteiger partial charge in [-0.1, -0.05) is 47.0 Å². The van der Waals surface area contributed by atoms with Crippen molar-refractivity contribution in [2.75, 3.05) is 16.4 Å². The third-order valence-corrected chi connectivity index (χ3v) is 5.79. The standard InChI is InChI=1S/C14H14F2N4OS3/c15-12(16)23-10-4-2-1-3-9(10)18-11(21)7-22-14-20-19-13(24-14)17-8-5-6-8/h1-4,8,12H,5-7H2,(H,17,19)(H,18,21). The summed E-state index contributed by atoms with van der Waals surface area (Å²) in [6.07, 6.45) is 2.31. The molecular formula is C14H14F2N4OS3. The average Bonchev–Trinajstić information content (AvgIpc) is 3.23. The van der Waals surface area contributed by atoms with E-state index in [4.69, 9.17) is 0 Å². The summed E-state index contributed by atoms with van der Waals surface area (Å²) in [6, 6.07) is 7.02. The number of carbonyl (C=O) groups excluding carboxylic acids is 1. The fourth-order valence-electron chi connectivity index (χ4n) is 1.81. The van der Waals surface area contributed by atoms with Gasteiger partial charge in [-0.15, -0.1) is 10.2 Å². The number of hydrogen-bond donors (Lipinski definition) is 2. The second-order valence-electron chi connectivity index (χ2n) is 5.00. The highest BCUT2D eigenvalue weighted by atomic mass is 32.2. The highest BCUT2D eigenvalue weighted by Gasteiger charge is 2.22. The fraction of sp³-hybridized carbons (Fsp3) is 0.357. The lowest BCUT2D eigenvalue weighted by atomic mass is 10.3. The van der Waals surface area contributed by atoms with E-state index in [1.54, 1.807) is 24.3 Å². The van der Waals surface area contributed by atoms with Gasteiger partial charge in [0.25, 0.3) is 5.76 Å². The number of nitrogens with one attached hydrogen (secondary N) is 2. The Morgan fingerprint density at radius 3 is 2.88 bits per heavy atom. The fourth-order valence-corrected chi connectivity index (χ4v) is 4.03. The maximum atomic E-state index is 12.5. The number of alkyl halides is 2. The Labute approximate surface area is 150 Å². The van der Waals surface area contributed by atoms with Crippen LogP contribution in [0.4, 0.5) is 19.6 Å². The van der Waals surface area contributed by atoms with Crippen LogP contribution in [0.15, 0.2) is 33.5 Å². The van der Waals surface area contributed by atoms with Gasteiger partial charge in [-0.2, -0.15) is 8.78 Å². The average molecular weight is 388 g/mol. The minimum Gasteiger partial charge on any atom is -0.357 e. The SMILES string of the molecule is O=C(CSc1nnc(NC2CC2)s1)Nc1ccccc1SC(F)F. The van der Waals surface area contributed by atoms with Gasteiger partial charge in [-0.3, -0.25) is 4.79 Å². The molecule has 3 rings (SSSR count). The van der Waals surface area contributed by atoms with Gasteiger partial charge < -0.3 is 10.6 Å². The monoisotopic (exact) mass is 388 g/mol. The van der Waals surface area contributed by atoms with Crippen molar-refractivity contribution < 1.29 is 13.6 Å². The van der Waals surface area contributed by atoms with Crippen molar-refractivity contribution in [1.82, 2.24) is 10.2 Å². The largest absolute Gasteiger partial charge is 0.357 e. The minimum atomic E-state index is -2.53. The maximum Gasteiger partial charge on any atom is 0.288 e. The zero-order chi connectivity index (χ0) is 16.9. The van der Waals surface area contributed by atoms with Gasteiger partial charge in [0.2, 0.25) is 11.0 Å². The zero-order valence-corrected chi connectivity index (χ0v) is 14.8. The quantitative estimate of drug-likeness (QED) is 0.662. The first-order chi connectivity index (χ1) is 11.6. The molecule has 2 aromatic rings. The van der Waals surface area contributed by atoms with Crippen LogP contribution in [-0.4, -0.2) is 33.7 Å². The topological polar surface area (TPSA) is 66.9 Å². The second-order valence-corrected chi connectivity index (χ2v) is 8.24. The van der Waals surface area contributed by atoms with Crippen LogP contribution < -0.4 is 10.6 Å². The number of hydrogen-bond acceptors (Lipinski definition) is 7. The summed E-state index contributed by atoms with van der Waals surface area (Å²) in [5.74, 6) is -2.66. The van der Waals surface area contributed by atoms with Crippen LogP contribution in [0.2, 0.25) is 0 Å².